The van der Waals surface area contributed by atoms with Crippen molar-refractivity contribution < 1.29 is 23.9 Å². The Hall–Kier alpha value is -3.52. The minimum absolute atomic E-state index is 0.104. The van der Waals surface area contributed by atoms with E-state index in [4.69, 9.17) is 9.47 Å². The van der Waals surface area contributed by atoms with Crippen molar-refractivity contribution in [3.05, 3.63) is 70.1 Å². The predicted octanol–water partition coefficient (Wildman–Crippen LogP) is 3.59. The molecule has 0 saturated carbocycles. The molecule has 0 aliphatic carbocycles. The summed E-state index contributed by atoms with van der Waals surface area (Å²) in [7, 11) is 0. The number of nitrogens with zero attached hydrogens (tertiary/aromatic N) is 1. The second-order valence-corrected chi connectivity index (χ2v) is 7.98. The van der Waals surface area contributed by atoms with E-state index in [9.17, 15) is 14.4 Å². The summed E-state index contributed by atoms with van der Waals surface area (Å²) in [6.45, 7) is 2.43. The van der Waals surface area contributed by atoms with Gasteiger partial charge in [-0.15, -0.1) is 0 Å². The smallest absolute Gasteiger partial charge is 0.293 e. The number of ether oxygens (including phenoxy) is 2. The van der Waals surface area contributed by atoms with Crippen LogP contribution in [0.1, 0.15) is 16.7 Å². The van der Waals surface area contributed by atoms with E-state index < -0.39 is 0 Å². The van der Waals surface area contributed by atoms with Gasteiger partial charge in [0.1, 0.15) is 0 Å². The average molecular weight is 436 g/mol. The van der Waals surface area contributed by atoms with Gasteiger partial charge in [0.15, 0.2) is 11.5 Å². The van der Waals surface area contributed by atoms with Crippen LogP contribution in [0.4, 0.5) is 4.79 Å². The van der Waals surface area contributed by atoms with Crippen LogP contribution in [0.2, 0.25) is 0 Å². The number of carbonyl (C=O) groups is 3. The Morgan fingerprint density at radius 3 is 2.81 bits per heavy atom. The molecule has 2 aromatic rings. The van der Waals surface area contributed by atoms with E-state index in [1.165, 1.54) is 6.08 Å². The van der Waals surface area contributed by atoms with Crippen molar-refractivity contribution >= 4 is 41.0 Å². The summed E-state index contributed by atoms with van der Waals surface area (Å²) in [6.07, 6.45) is 4.80. The second-order valence-electron chi connectivity index (χ2n) is 6.98. The summed E-state index contributed by atoms with van der Waals surface area (Å²) in [5, 5.41) is 2.34. The SMILES string of the molecule is Cc1cccc(/C=C/C(=O)NCCN2C(=O)S/C(=C\c3ccc4c(c3)OCO4)C2=O)c1. The molecular formula is C23H20N2O5S. The number of rotatable bonds is 6. The van der Waals surface area contributed by atoms with E-state index in [2.05, 4.69) is 5.32 Å². The third-order valence-electron chi connectivity index (χ3n) is 4.67. The minimum atomic E-state index is -0.378. The van der Waals surface area contributed by atoms with Gasteiger partial charge in [-0.2, -0.15) is 0 Å². The molecule has 1 fully saturated rings. The molecule has 2 aromatic carbocycles. The minimum Gasteiger partial charge on any atom is -0.454 e. The average Bonchev–Trinajstić information content (AvgIpc) is 3.31. The van der Waals surface area contributed by atoms with Gasteiger partial charge in [0.2, 0.25) is 12.7 Å². The zero-order valence-electron chi connectivity index (χ0n) is 16.8. The van der Waals surface area contributed by atoms with Crippen LogP contribution in [-0.4, -0.2) is 41.8 Å². The third kappa shape index (κ3) is 4.97. The molecule has 0 unspecified atom stereocenters. The monoisotopic (exact) mass is 436 g/mol. The van der Waals surface area contributed by atoms with Crippen molar-refractivity contribution in [1.29, 1.82) is 0 Å². The van der Waals surface area contributed by atoms with Crippen LogP contribution < -0.4 is 14.8 Å². The summed E-state index contributed by atoms with van der Waals surface area (Å²) in [6, 6.07) is 13.1. The maximum absolute atomic E-state index is 12.6. The van der Waals surface area contributed by atoms with Crippen molar-refractivity contribution in [2.24, 2.45) is 0 Å². The molecule has 158 valence electrons. The summed E-state index contributed by atoms with van der Waals surface area (Å²) in [4.78, 5) is 38.3. The lowest BCUT2D eigenvalue weighted by Crippen LogP contribution is -2.36. The highest BCUT2D eigenvalue weighted by molar-refractivity contribution is 8.18. The largest absolute Gasteiger partial charge is 0.454 e. The van der Waals surface area contributed by atoms with Crippen LogP contribution in [0.5, 0.6) is 11.5 Å². The normalized spacial score (nSPS) is 16.5. The van der Waals surface area contributed by atoms with Gasteiger partial charge >= 0.3 is 0 Å². The molecule has 0 atom stereocenters. The van der Waals surface area contributed by atoms with E-state index in [1.807, 2.05) is 31.2 Å². The number of aryl methyl sites for hydroxylation is 1. The van der Waals surface area contributed by atoms with E-state index in [1.54, 1.807) is 30.4 Å². The van der Waals surface area contributed by atoms with Crippen LogP contribution in [0.3, 0.4) is 0 Å². The first-order chi connectivity index (χ1) is 15.0. The number of imide groups is 1. The Balaban J connectivity index is 1.31. The van der Waals surface area contributed by atoms with E-state index in [0.717, 1.165) is 33.4 Å². The van der Waals surface area contributed by atoms with Gasteiger partial charge < -0.3 is 14.8 Å². The fourth-order valence-corrected chi connectivity index (χ4v) is 4.01. The van der Waals surface area contributed by atoms with Crippen LogP contribution in [-0.2, 0) is 9.59 Å². The Kier molecular flexibility index (Phi) is 6.08. The molecular weight excluding hydrogens is 416 g/mol. The van der Waals surface area contributed by atoms with E-state index >= 15 is 0 Å². The first kappa shape index (κ1) is 20.7. The number of hydrogen-bond acceptors (Lipinski definition) is 6. The number of amides is 3. The van der Waals surface area contributed by atoms with Gasteiger partial charge in [-0.3, -0.25) is 19.3 Å². The van der Waals surface area contributed by atoms with E-state index in [0.29, 0.717) is 16.4 Å². The number of nitrogens with one attached hydrogen (secondary N) is 1. The molecule has 0 bridgehead atoms. The maximum Gasteiger partial charge on any atom is 0.293 e. The zero-order chi connectivity index (χ0) is 21.8. The quantitative estimate of drug-likeness (QED) is 0.697. The first-order valence-corrected chi connectivity index (χ1v) is 10.5. The van der Waals surface area contributed by atoms with Crippen molar-refractivity contribution in [1.82, 2.24) is 10.2 Å². The molecule has 1 saturated heterocycles. The number of hydrogen-bond donors (Lipinski definition) is 1. The standard InChI is InChI=1S/C23H20N2O5S/c1-15-3-2-4-16(11-15)6-8-21(26)24-9-10-25-22(27)20(31-23(25)28)13-17-5-7-18-19(12-17)30-14-29-18/h2-8,11-13H,9-10,14H2,1H3,(H,24,26)/b8-6+,20-13-. The number of benzene rings is 2. The van der Waals surface area contributed by atoms with Crippen LogP contribution in [0, 0.1) is 6.92 Å². The maximum atomic E-state index is 12.6. The number of thioether (sulfide) groups is 1. The lowest BCUT2D eigenvalue weighted by atomic mass is 10.1. The highest BCUT2D eigenvalue weighted by atomic mass is 32.2. The molecule has 2 heterocycles. The van der Waals surface area contributed by atoms with Gasteiger partial charge in [0.25, 0.3) is 11.1 Å². The second kappa shape index (κ2) is 9.09. The third-order valence-corrected chi connectivity index (χ3v) is 5.58. The van der Waals surface area contributed by atoms with Crippen LogP contribution >= 0.6 is 11.8 Å². The topological polar surface area (TPSA) is 84.9 Å². The Bertz CT molecular complexity index is 1110. The van der Waals surface area contributed by atoms with Gasteiger partial charge in [-0.1, -0.05) is 35.9 Å². The van der Waals surface area contributed by atoms with Crippen molar-refractivity contribution in [3.63, 3.8) is 0 Å². The van der Waals surface area contributed by atoms with Crippen molar-refractivity contribution in [3.8, 4) is 11.5 Å². The highest BCUT2D eigenvalue weighted by Gasteiger charge is 2.34. The molecule has 0 aromatic heterocycles. The molecule has 2 aliphatic heterocycles. The van der Waals surface area contributed by atoms with Gasteiger partial charge in [-0.25, -0.2) is 0 Å². The van der Waals surface area contributed by atoms with Gasteiger partial charge in [0.05, 0.1) is 4.91 Å². The van der Waals surface area contributed by atoms with Gasteiger partial charge in [0, 0.05) is 19.2 Å². The summed E-state index contributed by atoms with van der Waals surface area (Å²) < 4.78 is 10.6. The van der Waals surface area contributed by atoms with Crippen LogP contribution in [0.25, 0.3) is 12.2 Å². The fraction of sp³-hybridized carbons (Fsp3) is 0.174. The van der Waals surface area contributed by atoms with E-state index in [-0.39, 0.29) is 36.9 Å². The zero-order valence-corrected chi connectivity index (χ0v) is 17.6. The molecule has 4 rings (SSSR count). The molecule has 2 aliphatic rings. The summed E-state index contributed by atoms with van der Waals surface area (Å²) >= 11 is 0.877. The molecule has 8 heteroatoms. The Morgan fingerprint density at radius 2 is 1.97 bits per heavy atom. The Labute approximate surface area is 183 Å². The van der Waals surface area contributed by atoms with Crippen LogP contribution in [0.15, 0.2) is 53.4 Å². The molecule has 1 N–H and O–H groups in total. The predicted molar refractivity (Wildman–Crippen MR) is 118 cm³/mol. The summed E-state index contributed by atoms with van der Waals surface area (Å²) in [5.74, 6) is 0.591. The molecule has 0 spiro atoms. The fourth-order valence-electron chi connectivity index (χ4n) is 3.14. The molecule has 3 amide bonds. The number of carbonyl (C=O) groups excluding carboxylic acids is 3. The highest BCUT2D eigenvalue weighted by Crippen LogP contribution is 2.36. The van der Waals surface area contributed by atoms with Gasteiger partial charge in [-0.05, 0) is 54.1 Å². The van der Waals surface area contributed by atoms with Crippen molar-refractivity contribution in [2.45, 2.75) is 6.92 Å². The lowest BCUT2D eigenvalue weighted by Gasteiger charge is -2.12. The van der Waals surface area contributed by atoms with Crippen molar-refractivity contribution in [2.75, 3.05) is 19.9 Å². The Morgan fingerprint density at radius 1 is 1.13 bits per heavy atom. The first-order valence-electron chi connectivity index (χ1n) is 9.67. The molecule has 7 nitrogen and oxygen atoms in total. The number of fused-ring (bicyclic) bond motifs is 1. The lowest BCUT2D eigenvalue weighted by molar-refractivity contribution is -0.123. The molecule has 0 radical (unpaired) electrons. The summed E-state index contributed by atoms with van der Waals surface area (Å²) in [5.41, 5.74) is 2.77. The molecule has 31 heavy (non-hydrogen) atoms.